The molecule has 2 aliphatic rings. The number of amides is 2. The predicted molar refractivity (Wildman–Crippen MR) is 116 cm³/mol. The molecule has 0 spiro atoms. The zero-order valence-corrected chi connectivity index (χ0v) is 17.3. The molecule has 6 heteroatoms. The van der Waals surface area contributed by atoms with Crippen molar-refractivity contribution >= 4 is 23.6 Å². The fourth-order valence-electron chi connectivity index (χ4n) is 4.36. The van der Waals surface area contributed by atoms with Crippen LogP contribution in [0.3, 0.4) is 0 Å². The number of nitrogens with zero attached hydrogens (tertiary/aromatic N) is 1. The van der Waals surface area contributed by atoms with Crippen molar-refractivity contribution in [3.63, 3.8) is 0 Å². The molecule has 2 aromatic carbocycles. The molecule has 2 heterocycles. The molecule has 0 bridgehead atoms. The lowest BCUT2D eigenvalue weighted by Crippen LogP contribution is -3.30. The van der Waals surface area contributed by atoms with Crippen LogP contribution in [0.2, 0.25) is 0 Å². The van der Waals surface area contributed by atoms with Crippen molar-refractivity contribution in [2.75, 3.05) is 44.7 Å². The molecule has 2 N–H and O–H groups in total. The molecule has 156 valence electrons. The molecule has 0 aromatic heterocycles. The van der Waals surface area contributed by atoms with Crippen LogP contribution in [0.1, 0.15) is 12.0 Å². The van der Waals surface area contributed by atoms with Gasteiger partial charge >= 0.3 is 0 Å². The summed E-state index contributed by atoms with van der Waals surface area (Å²) in [5.41, 5.74) is 1.85. The normalized spacial score (nSPS) is 24.6. The number of rotatable bonds is 6. The molecule has 2 aliphatic heterocycles. The van der Waals surface area contributed by atoms with Crippen molar-refractivity contribution in [3.05, 3.63) is 66.2 Å². The second-order valence-corrected chi connectivity index (χ2v) is 7.95. The average molecular weight is 408 g/mol. The van der Waals surface area contributed by atoms with Gasteiger partial charge in [0.15, 0.2) is 6.04 Å². The quantitative estimate of drug-likeness (QED) is 0.654. The largest absolute Gasteiger partial charge is 0.497 e. The van der Waals surface area contributed by atoms with E-state index in [4.69, 9.17) is 4.74 Å². The van der Waals surface area contributed by atoms with Crippen LogP contribution in [-0.4, -0.2) is 57.7 Å². The van der Waals surface area contributed by atoms with Crippen LogP contribution in [-0.2, 0) is 9.59 Å². The van der Waals surface area contributed by atoms with Crippen LogP contribution in [0.15, 0.2) is 60.7 Å². The maximum absolute atomic E-state index is 13.0. The van der Waals surface area contributed by atoms with Gasteiger partial charge in [-0.2, -0.15) is 0 Å². The first-order chi connectivity index (χ1) is 14.7. The number of carbonyl (C=O) groups excluding carboxylic acids is 2. The predicted octanol–water partition coefficient (Wildman–Crippen LogP) is -0.176. The van der Waals surface area contributed by atoms with Gasteiger partial charge in [-0.05, 0) is 35.9 Å². The number of piperazine rings is 1. The molecule has 1 atom stereocenters. The summed E-state index contributed by atoms with van der Waals surface area (Å²) < 4.78 is 5.17. The van der Waals surface area contributed by atoms with E-state index in [0.29, 0.717) is 17.9 Å². The van der Waals surface area contributed by atoms with Gasteiger partial charge in [0.2, 0.25) is 5.91 Å². The molecule has 6 nitrogen and oxygen atoms in total. The van der Waals surface area contributed by atoms with Crippen molar-refractivity contribution in [1.29, 1.82) is 0 Å². The van der Waals surface area contributed by atoms with Gasteiger partial charge in [-0.15, -0.1) is 0 Å². The maximum Gasteiger partial charge on any atom is 0.292 e. The van der Waals surface area contributed by atoms with Gasteiger partial charge in [-0.1, -0.05) is 36.4 Å². The Kier molecular flexibility index (Phi) is 6.26. The van der Waals surface area contributed by atoms with Crippen LogP contribution >= 0.6 is 0 Å². The molecule has 2 amide bonds. The molecule has 0 saturated carbocycles. The Balaban J connectivity index is 1.31. The monoisotopic (exact) mass is 407 g/mol. The topological polar surface area (TPSA) is 55.5 Å². The van der Waals surface area contributed by atoms with E-state index in [1.165, 1.54) is 20.3 Å². The van der Waals surface area contributed by atoms with Gasteiger partial charge in [-0.3, -0.25) is 9.59 Å². The third kappa shape index (κ3) is 4.45. The first-order valence-electron chi connectivity index (χ1n) is 10.6. The lowest BCUT2D eigenvalue weighted by Gasteiger charge is -2.31. The summed E-state index contributed by atoms with van der Waals surface area (Å²) in [6.45, 7) is 4.82. The summed E-state index contributed by atoms with van der Waals surface area (Å²) in [7, 11) is 1.60. The van der Waals surface area contributed by atoms with Gasteiger partial charge in [0.25, 0.3) is 5.91 Å². The number of nitrogens with one attached hydrogen (secondary N) is 2. The second kappa shape index (κ2) is 9.24. The molecule has 2 aromatic rings. The lowest BCUT2D eigenvalue weighted by atomic mass is 10.1. The molecular formula is C24H29N3O3+2. The number of hydrogen-bond donors (Lipinski definition) is 2. The minimum absolute atomic E-state index is 0.0763. The van der Waals surface area contributed by atoms with Crippen molar-refractivity contribution in [1.82, 2.24) is 0 Å². The fraction of sp³-hybridized carbons (Fsp3) is 0.333. The Morgan fingerprint density at radius 2 is 1.70 bits per heavy atom. The number of methoxy groups -OCH3 is 1. The highest BCUT2D eigenvalue weighted by atomic mass is 16.5. The second-order valence-electron chi connectivity index (χ2n) is 7.95. The van der Waals surface area contributed by atoms with E-state index in [0.717, 1.165) is 32.7 Å². The van der Waals surface area contributed by atoms with Crippen molar-refractivity contribution in [2.45, 2.75) is 12.5 Å². The molecule has 0 radical (unpaired) electrons. The number of quaternary nitrogens is 2. The van der Waals surface area contributed by atoms with Crippen LogP contribution in [0.5, 0.6) is 5.75 Å². The maximum atomic E-state index is 13.0. The number of carbonyl (C=O) groups is 2. The van der Waals surface area contributed by atoms with E-state index in [1.54, 1.807) is 31.4 Å². The van der Waals surface area contributed by atoms with Crippen molar-refractivity contribution in [3.8, 4) is 5.75 Å². The van der Waals surface area contributed by atoms with Gasteiger partial charge in [-0.25, -0.2) is 4.90 Å². The Labute approximate surface area is 177 Å². The summed E-state index contributed by atoms with van der Waals surface area (Å²) in [5.74, 6) is 0.524. The molecule has 1 unspecified atom stereocenters. The summed E-state index contributed by atoms with van der Waals surface area (Å²) in [6.07, 6.45) is 4.69. The highest BCUT2D eigenvalue weighted by molar-refractivity contribution is 6.21. The Hall–Kier alpha value is -2.96. The molecular weight excluding hydrogens is 378 g/mol. The third-order valence-corrected chi connectivity index (χ3v) is 6.09. The van der Waals surface area contributed by atoms with E-state index in [-0.39, 0.29) is 17.9 Å². The number of ether oxygens (including phenoxy) is 1. The summed E-state index contributed by atoms with van der Waals surface area (Å²) in [4.78, 5) is 29.7. The van der Waals surface area contributed by atoms with Crippen LogP contribution in [0.4, 0.5) is 5.69 Å². The van der Waals surface area contributed by atoms with Gasteiger partial charge in [0.05, 0.1) is 25.8 Å². The Bertz CT molecular complexity index is 903. The van der Waals surface area contributed by atoms with Crippen LogP contribution < -0.4 is 19.4 Å². The van der Waals surface area contributed by atoms with Crippen LogP contribution in [0, 0.1) is 0 Å². The van der Waals surface area contributed by atoms with E-state index in [2.05, 4.69) is 24.3 Å². The molecule has 0 aliphatic carbocycles. The number of benzene rings is 2. The van der Waals surface area contributed by atoms with Crippen molar-refractivity contribution in [2.24, 2.45) is 0 Å². The summed E-state index contributed by atoms with van der Waals surface area (Å²) >= 11 is 0. The number of anilines is 1. The lowest BCUT2D eigenvalue weighted by molar-refractivity contribution is -1.02. The fourth-order valence-corrected chi connectivity index (χ4v) is 4.36. The minimum atomic E-state index is -0.263. The third-order valence-electron chi connectivity index (χ3n) is 6.09. The highest BCUT2D eigenvalue weighted by Crippen LogP contribution is 2.24. The molecule has 4 rings (SSSR count). The molecule has 30 heavy (non-hydrogen) atoms. The minimum Gasteiger partial charge on any atom is -0.497 e. The van der Waals surface area contributed by atoms with Gasteiger partial charge in [0.1, 0.15) is 31.9 Å². The highest BCUT2D eigenvalue weighted by Gasteiger charge is 2.46. The SMILES string of the molecule is COc1ccc(N2C(=O)CC([NH+]3CC[NH+](CC=Cc4ccccc4)CC3)C2=O)cc1. The van der Waals surface area contributed by atoms with E-state index in [1.807, 2.05) is 18.2 Å². The number of imide groups is 1. The zero-order valence-electron chi connectivity index (χ0n) is 17.3. The molecule has 2 fully saturated rings. The van der Waals surface area contributed by atoms with E-state index >= 15 is 0 Å². The van der Waals surface area contributed by atoms with E-state index in [9.17, 15) is 9.59 Å². The Morgan fingerprint density at radius 3 is 2.37 bits per heavy atom. The Morgan fingerprint density at radius 1 is 1.00 bits per heavy atom. The summed E-state index contributed by atoms with van der Waals surface area (Å²) in [5, 5.41) is 0. The smallest absolute Gasteiger partial charge is 0.292 e. The summed E-state index contributed by atoms with van der Waals surface area (Å²) in [6, 6.07) is 17.2. The zero-order chi connectivity index (χ0) is 20.9. The molecule has 2 saturated heterocycles. The standard InChI is InChI=1S/C24H27N3O3/c1-30-21-11-9-20(10-12-21)27-23(28)18-22(24(27)29)26-16-14-25(15-17-26)13-5-8-19-6-3-2-4-7-19/h2-12,22H,13-18H2,1H3/p+2. The number of hydrogen-bond acceptors (Lipinski definition) is 3. The first-order valence-corrected chi connectivity index (χ1v) is 10.6. The average Bonchev–Trinajstić information content (AvgIpc) is 3.09. The first kappa shape index (κ1) is 20.3. The van der Waals surface area contributed by atoms with Crippen molar-refractivity contribution < 1.29 is 24.1 Å². The van der Waals surface area contributed by atoms with Gasteiger partial charge in [0, 0.05) is 0 Å². The van der Waals surface area contributed by atoms with Gasteiger partial charge < -0.3 is 14.5 Å². The van der Waals surface area contributed by atoms with E-state index < -0.39 is 0 Å². The van der Waals surface area contributed by atoms with Crippen LogP contribution in [0.25, 0.3) is 6.08 Å².